The van der Waals surface area contributed by atoms with E-state index in [9.17, 15) is 8.78 Å². The average Bonchev–Trinajstić information content (AvgIpc) is 2.42. The third kappa shape index (κ3) is 2.71. The molecule has 0 bridgehead atoms. The predicted molar refractivity (Wildman–Crippen MR) is 67.7 cm³/mol. The quantitative estimate of drug-likeness (QED) is 0.841. The maximum atomic E-state index is 13.7. The van der Waals surface area contributed by atoms with Gasteiger partial charge in [-0.05, 0) is 29.8 Å². The molecule has 2 nitrogen and oxygen atoms in total. The average molecular weight is 259 g/mol. The summed E-state index contributed by atoms with van der Waals surface area (Å²) in [6.07, 6.45) is 0.238. The summed E-state index contributed by atoms with van der Waals surface area (Å²) < 4.78 is 32.1. The van der Waals surface area contributed by atoms with Gasteiger partial charge in [0.25, 0.3) is 0 Å². The van der Waals surface area contributed by atoms with Crippen molar-refractivity contribution in [1.82, 2.24) is 0 Å². The van der Waals surface area contributed by atoms with Crippen molar-refractivity contribution in [3.05, 3.63) is 53.6 Å². The molecule has 4 heteroatoms. The molecule has 0 heterocycles. The number of rotatable bonds is 3. The molecule has 2 rings (SSSR count). The standard InChI is InChI=1S/C15H11F2NO/c1-19-15-8-10(6-7-18)2-4-12(15)13-9-11(16)3-5-14(13)17/h2-5,8-9H,6H2,1H3. The predicted octanol–water partition coefficient (Wildman–Crippen LogP) is 3.71. The van der Waals surface area contributed by atoms with E-state index in [1.807, 2.05) is 6.07 Å². The van der Waals surface area contributed by atoms with Gasteiger partial charge >= 0.3 is 0 Å². The molecule has 0 N–H and O–H groups in total. The zero-order valence-corrected chi connectivity index (χ0v) is 10.3. The van der Waals surface area contributed by atoms with Gasteiger partial charge in [0, 0.05) is 11.1 Å². The van der Waals surface area contributed by atoms with Crippen LogP contribution in [-0.2, 0) is 6.42 Å². The monoisotopic (exact) mass is 259 g/mol. The van der Waals surface area contributed by atoms with Gasteiger partial charge in [0.15, 0.2) is 0 Å². The van der Waals surface area contributed by atoms with Crippen molar-refractivity contribution >= 4 is 0 Å². The lowest BCUT2D eigenvalue weighted by atomic mass is 10.0. The van der Waals surface area contributed by atoms with Crippen LogP contribution < -0.4 is 4.74 Å². The number of ether oxygens (including phenoxy) is 1. The Labute approximate surface area is 109 Å². The third-order valence-electron chi connectivity index (χ3n) is 2.77. The van der Waals surface area contributed by atoms with Crippen molar-refractivity contribution in [2.75, 3.05) is 7.11 Å². The molecule has 0 radical (unpaired) electrons. The summed E-state index contributed by atoms with van der Waals surface area (Å²) in [5.41, 5.74) is 1.36. The Kier molecular flexibility index (Phi) is 3.76. The van der Waals surface area contributed by atoms with Crippen LogP contribution in [0.2, 0.25) is 0 Å². The number of benzene rings is 2. The molecular formula is C15H11F2NO. The molecule has 0 aliphatic carbocycles. The molecule has 0 saturated heterocycles. The molecule has 0 fully saturated rings. The van der Waals surface area contributed by atoms with Crippen LogP contribution in [-0.4, -0.2) is 7.11 Å². The molecule has 0 aliphatic rings. The molecule has 0 amide bonds. The fourth-order valence-corrected chi connectivity index (χ4v) is 1.86. The van der Waals surface area contributed by atoms with Crippen molar-refractivity contribution in [3.8, 4) is 22.9 Å². The Morgan fingerprint density at radius 2 is 1.89 bits per heavy atom. The van der Waals surface area contributed by atoms with Crippen LogP contribution in [0.4, 0.5) is 8.78 Å². The van der Waals surface area contributed by atoms with Crippen LogP contribution in [0.1, 0.15) is 5.56 Å². The molecule has 0 aromatic heterocycles. The molecule has 2 aromatic rings. The van der Waals surface area contributed by atoms with Gasteiger partial charge < -0.3 is 4.74 Å². The van der Waals surface area contributed by atoms with Crippen molar-refractivity contribution in [2.45, 2.75) is 6.42 Å². The first kappa shape index (κ1) is 13.0. The number of nitrogens with zero attached hydrogens (tertiary/aromatic N) is 1. The Morgan fingerprint density at radius 3 is 2.58 bits per heavy atom. The smallest absolute Gasteiger partial charge is 0.131 e. The van der Waals surface area contributed by atoms with Gasteiger partial charge in [0.05, 0.1) is 19.6 Å². The normalized spacial score (nSPS) is 10.0. The highest BCUT2D eigenvalue weighted by Gasteiger charge is 2.12. The summed E-state index contributed by atoms with van der Waals surface area (Å²) >= 11 is 0. The SMILES string of the molecule is COc1cc(CC#N)ccc1-c1cc(F)ccc1F. The van der Waals surface area contributed by atoms with Crippen LogP contribution in [0.3, 0.4) is 0 Å². The highest BCUT2D eigenvalue weighted by molar-refractivity contribution is 5.71. The second kappa shape index (κ2) is 5.49. The number of methoxy groups -OCH3 is 1. The number of hydrogen-bond acceptors (Lipinski definition) is 2. The lowest BCUT2D eigenvalue weighted by Gasteiger charge is -2.11. The first-order valence-corrected chi connectivity index (χ1v) is 5.65. The van der Waals surface area contributed by atoms with E-state index in [4.69, 9.17) is 10.00 Å². The number of halogens is 2. The number of hydrogen-bond donors (Lipinski definition) is 0. The first-order valence-electron chi connectivity index (χ1n) is 5.65. The van der Waals surface area contributed by atoms with Gasteiger partial charge in [-0.3, -0.25) is 0 Å². The lowest BCUT2D eigenvalue weighted by molar-refractivity contribution is 0.415. The van der Waals surface area contributed by atoms with E-state index in [0.717, 1.165) is 23.8 Å². The Hall–Kier alpha value is -2.41. The highest BCUT2D eigenvalue weighted by atomic mass is 19.1. The lowest BCUT2D eigenvalue weighted by Crippen LogP contribution is -1.93. The zero-order valence-electron chi connectivity index (χ0n) is 10.3. The molecule has 0 aliphatic heterocycles. The van der Waals surface area contributed by atoms with Crippen molar-refractivity contribution in [2.24, 2.45) is 0 Å². The Bertz CT molecular complexity index is 647. The van der Waals surface area contributed by atoms with Crippen LogP contribution in [0.15, 0.2) is 36.4 Å². The fraction of sp³-hybridized carbons (Fsp3) is 0.133. The van der Waals surface area contributed by atoms with Gasteiger partial charge in [-0.2, -0.15) is 5.26 Å². The summed E-state index contributed by atoms with van der Waals surface area (Å²) in [7, 11) is 1.45. The molecule has 0 unspecified atom stereocenters. The summed E-state index contributed by atoms with van der Waals surface area (Å²) in [4.78, 5) is 0. The third-order valence-corrected chi connectivity index (χ3v) is 2.77. The van der Waals surface area contributed by atoms with Gasteiger partial charge in [-0.1, -0.05) is 12.1 Å². The zero-order chi connectivity index (χ0) is 13.8. The van der Waals surface area contributed by atoms with E-state index in [1.165, 1.54) is 7.11 Å². The minimum Gasteiger partial charge on any atom is -0.496 e. The fourth-order valence-electron chi connectivity index (χ4n) is 1.86. The van der Waals surface area contributed by atoms with Gasteiger partial charge in [0.2, 0.25) is 0 Å². The van der Waals surface area contributed by atoms with E-state index in [-0.39, 0.29) is 12.0 Å². The van der Waals surface area contributed by atoms with E-state index >= 15 is 0 Å². The Balaban J connectivity index is 2.56. The minimum atomic E-state index is -0.521. The molecule has 2 aromatic carbocycles. The molecule has 0 spiro atoms. The molecule has 0 saturated carbocycles. The summed E-state index contributed by atoms with van der Waals surface area (Å²) in [5.74, 6) is -0.621. The molecule has 96 valence electrons. The largest absolute Gasteiger partial charge is 0.496 e. The first-order chi connectivity index (χ1) is 9.15. The van der Waals surface area contributed by atoms with Crippen LogP contribution in [0, 0.1) is 23.0 Å². The second-order valence-corrected chi connectivity index (χ2v) is 3.99. The van der Waals surface area contributed by atoms with E-state index < -0.39 is 11.6 Å². The van der Waals surface area contributed by atoms with Gasteiger partial charge in [-0.15, -0.1) is 0 Å². The van der Waals surface area contributed by atoms with Gasteiger partial charge in [0.1, 0.15) is 17.4 Å². The van der Waals surface area contributed by atoms with Crippen LogP contribution >= 0.6 is 0 Å². The molecular weight excluding hydrogens is 248 g/mol. The van der Waals surface area contributed by atoms with Crippen LogP contribution in [0.5, 0.6) is 5.75 Å². The number of nitriles is 1. The molecule has 19 heavy (non-hydrogen) atoms. The Morgan fingerprint density at radius 1 is 1.11 bits per heavy atom. The molecule has 0 atom stereocenters. The van der Waals surface area contributed by atoms with Crippen molar-refractivity contribution < 1.29 is 13.5 Å². The maximum Gasteiger partial charge on any atom is 0.131 e. The highest BCUT2D eigenvalue weighted by Crippen LogP contribution is 2.33. The second-order valence-electron chi connectivity index (χ2n) is 3.99. The van der Waals surface area contributed by atoms with E-state index in [2.05, 4.69) is 0 Å². The van der Waals surface area contributed by atoms with Crippen molar-refractivity contribution in [3.63, 3.8) is 0 Å². The van der Waals surface area contributed by atoms with Gasteiger partial charge in [-0.25, -0.2) is 8.78 Å². The summed E-state index contributed by atoms with van der Waals surface area (Å²) in [6.45, 7) is 0. The maximum absolute atomic E-state index is 13.7. The van der Waals surface area contributed by atoms with Crippen molar-refractivity contribution in [1.29, 1.82) is 5.26 Å². The van der Waals surface area contributed by atoms with E-state index in [0.29, 0.717) is 11.3 Å². The summed E-state index contributed by atoms with van der Waals surface area (Å²) in [5, 5.41) is 8.65. The topological polar surface area (TPSA) is 33.0 Å². The van der Waals surface area contributed by atoms with Crippen LogP contribution in [0.25, 0.3) is 11.1 Å². The summed E-state index contributed by atoms with van der Waals surface area (Å²) in [6, 6.07) is 10.3. The minimum absolute atomic E-state index is 0.139. The van der Waals surface area contributed by atoms with E-state index in [1.54, 1.807) is 18.2 Å².